The van der Waals surface area contributed by atoms with Crippen molar-refractivity contribution in [2.75, 3.05) is 0 Å². The SMILES string of the molecule is O=c1oc2ccccc2c2c1C(c1c(Cl)cccc1Cl)c1c(ncn3nc(-c4ccccc4Cl)nc13)O2. The summed E-state index contributed by atoms with van der Waals surface area (Å²) in [5, 5.41) is 6.45. The summed E-state index contributed by atoms with van der Waals surface area (Å²) < 4.78 is 13.5. The van der Waals surface area contributed by atoms with Crippen LogP contribution in [-0.2, 0) is 0 Å². The number of hydrogen-bond acceptors (Lipinski definition) is 6. The standard InChI is InChI=1S/C27H13Cl3N4O3/c28-15-8-3-1-6-13(15)24-32-25-22-20(19-16(29)9-5-10-17(19)30)21-23(37-26(22)31-12-34(25)33-24)14-7-2-4-11-18(14)36-27(21)35/h1-12,20H. The fourth-order valence-corrected chi connectivity index (χ4v) is 5.60. The zero-order valence-corrected chi connectivity index (χ0v) is 20.9. The molecule has 0 spiro atoms. The van der Waals surface area contributed by atoms with E-state index in [1.54, 1.807) is 36.4 Å². The van der Waals surface area contributed by atoms with Crippen molar-refractivity contribution in [3.63, 3.8) is 0 Å². The van der Waals surface area contributed by atoms with Crippen molar-refractivity contribution >= 4 is 51.4 Å². The Balaban J connectivity index is 1.59. The summed E-state index contributed by atoms with van der Waals surface area (Å²) in [5.41, 5.74) is 2.13. The Hall–Kier alpha value is -3.91. The van der Waals surface area contributed by atoms with E-state index in [4.69, 9.17) is 48.9 Å². The molecular weight excluding hydrogens is 535 g/mol. The second-order valence-corrected chi connectivity index (χ2v) is 9.67. The largest absolute Gasteiger partial charge is 0.437 e. The summed E-state index contributed by atoms with van der Waals surface area (Å²) in [6, 6.07) is 19.6. The van der Waals surface area contributed by atoms with Gasteiger partial charge >= 0.3 is 5.63 Å². The minimum absolute atomic E-state index is 0.249. The predicted octanol–water partition coefficient (Wildman–Crippen LogP) is 7.14. The Labute approximate surface area is 223 Å². The Bertz CT molecular complexity index is 1930. The molecule has 1 aliphatic heterocycles. The minimum Gasteiger partial charge on any atom is -0.437 e. The molecule has 10 heteroatoms. The molecule has 0 amide bonds. The van der Waals surface area contributed by atoms with Crippen LogP contribution in [0.15, 0.2) is 82.3 Å². The molecule has 7 rings (SSSR count). The third-order valence-corrected chi connectivity index (χ3v) is 7.35. The highest BCUT2D eigenvalue weighted by Crippen LogP contribution is 2.51. The number of halogens is 3. The molecule has 7 nitrogen and oxygen atoms in total. The van der Waals surface area contributed by atoms with Crippen molar-refractivity contribution in [3.05, 3.63) is 115 Å². The molecule has 0 radical (unpaired) electrons. The van der Waals surface area contributed by atoms with Crippen LogP contribution >= 0.6 is 34.8 Å². The number of ether oxygens (including phenoxy) is 1. The molecule has 1 aliphatic rings. The summed E-state index contributed by atoms with van der Waals surface area (Å²) in [6.07, 6.45) is 1.51. The quantitative estimate of drug-likeness (QED) is 0.214. The van der Waals surface area contributed by atoms with Crippen LogP contribution in [0.4, 0.5) is 0 Å². The first-order valence-electron chi connectivity index (χ1n) is 11.2. The van der Waals surface area contributed by atoms with E-state index >= 15 is 0 Å². The molecule has 1 atom stereocenters. The first-order valence-corrected chi connectivity index (χ1v) is 12.3. The topological polar surface area (TPSA) is 82.5 Å². The third kappa shape index (κ3) is 3.35. The zero-order chi connectivity index (χ0) is 25.3. The van der Waals surface area contributed by atoms with E-state index in [1.807, 2.05) is 30.3 Å². The van der Waals surface area contributed by atoms with Crippen molar-refractivity contribution in [2.45, 2.75) is 5.92 Å². The molecule has 180 valence electrons. The lowest BCUT2D eigenvalue weighted by Crippen LogP contribution is -2.22. The number of nitrogens with zero attached hydrogens (tertiary/aromatic N) is 4. The van der Waals surface area contributed by atoms with Crippen LogP contribution in [0.1, 0.15) is 22.6 Å². The van der Waals surface area contributed by atoms with Gasteiger partial charge in [-0.15, -0.1) is 5.10 Å². The summed E-state index contributed by atoms with van der Waals surface area (Å²) in [7, 11) is 0. The molecule has 4 heterocycles. The number of para-hydroxylation sites is 1. The minimum atomic E-state index is -0.791. The number of benzene rings is 3. The fraction of sp³-hybridized carbons (Fsp3) is 0.0370. The Kier molecular flexibility index (Phi) is 5.01. The van der Waals surface area contributed by atoms with Crippen molar-refractivity contribution < 1.29 is 9.15 Å². The smallest absolute Gasteiger partial charge is 0.344 e. The van der Waals surface area contributed by atoms with Crippen molar-refractivity contribution in [1.29, 1.82) is 0 Å². The summed E-state index contributed by atoms with van der Waals surface area (Å²) in [5.74, 6) is 0.194. The van der Waals surface area contributed by atoms with E-state index in [0.717, 1.165) is 0 Å². The summed E-state index contributed by atoms with van der Waals surface area (Å²) >= 11 is 19.8. The van der Waals surface area contributed by atoms with E-state index in [0.29, 0.717) is 59.9 Å². The van der Waals surface area contributed by atoms with Crippen molar-refractivity contribution in [2.24, 2.45) is 0 Å². The van der Waals surface area contributed by atoms with Gasteiger partial charge in [-0.1, -0.05) is 65.1 Å². The lowest BCUT2D eigenvalue weighted by atomic mass is 9.84. The second-order valence-electron chi connectivity index (χ2n) is 8.45. The van der Waals surface area contributed by atoms with Gasteiger partial charge in [-0.05, 0) is 36.4 Å². The highest BCUT2D eigenvalue weighted by Gasteiger charge is 2.39. The molecule has 0 aliphatic carbocycles. The first kappa shape index (κ1) is 22.3. The highest BCUT2D eigenvalue weighted by molar-refractivity contribution is 6.36. The van der Waals surface area contributed by atoms with Gasteiger partial charge in [-0.2, -0.15) is 0 Å². The van der Waals surface area contributed by atoms with Gasteiger partial charge in [-0.25, -0.2) is 19.3 Å². The molecule has 3 aromatic carbocycles. The Morgan fingerprint density at radius 1 is 0.811 bits per heavy atom. The van der Waals surface area contributed by atoms with Crippen LogP contribution in [0.25, 0.3) is 28.0 Å². The molecule has 0 saturated heterocycles. The molecule has 1 unspecified atom stereocenters. The molecular formula is C27H13Cl3N4O3. The van der Waals surface area contributed by atoms with E-state index < -0.39 is 11.5 Å². The van der Waals surface area contributed by atoms with E-state index in [2.05, 4.69) is 10.1 Å². The van der Waals surface area contributed by atoms with Gasteiger partial charge < -0.3 is 9.15 Å². The van der Waals surface area contributed by atoms with Crippen molar-refractivity contribution in [3.8, 4) is 23.0 Å². The Morgan fingerprint density at radius 3 is 2.35 bits per heavy atom. The van der Waals surface area contributed by atoms with Gasteiger partial charge in [0.05, 0.1) is 27.5 Å². The summed E-state index contributed by atoms with van der Waals surface area (Å²) in [4.78, 5) is 22.8. The van der Waals surface area contributed by atoms with Gasteiger partial charge in [-0.3, -0.25) is 0 Å². The van der Waals surface area contributed by atoms with Crippen LogP contribution in [0.5, 0.6) is 11.6 Å². The molecule has 37 heavy (non-hydrogen) atoms. The molecule has 3 aromatic heterocycles. The maximum atomic E-state index is 13.5. The average Bonchev–Trinajstić information content (AvgIpc) is 3.33. The van der Waals surface area contributed by atoms with Crippen LogP contribution in [0.3, 0.4) is 0 Å². The van der Waals surface area contributed by atoms with Gasteiger partial charge in [0.25, 0.3) is 0 Å². The van der Waals surface area contributed by atoms with Gasteiger partial charge in [0.1, 0.15) is 11.9 Å². The van der Waals surface area contributed by atoms with Gasteiger partial charge in [0.15, 0.2) is 17.2 Å². The Morgan fingerprint density at radius 2 is 1.54 bits per heavy atom. The maximum absolute atomic E-state index is 13.5. The average molecular weight is 548 g/mol. The monoisotopic (exact) mass is 546 g/mol. The number of fused-ring (bicyclic) bond motifs is 6. The lowest BCUT2D eigenvalue weighted by Gasteiger charge is -2.28. The molecule has 0 fully saturated rings. The summed E-state index contributed by atoms with van der Waals surface area (Å²) in [6.45, 7) is 0. The predicted molar refractivity (Wildman–Crippen MR) is 141 cm³/mol. The second kappa shape index (κ2) is 8.31. The highest BCUT2D eigenvalue weighted by atomic mass is 35.5. The molecule has 0 saturated carbocycles. The first-order chi connectivity index (χ1) is 18.0. The van der Waals surface area contributed by atoms with E-state index in [1.165, 1.54) is 10.8 Å². The van der Waals surface area contributed by atoms with Crippen LogP contribution in [-0.4, -0.2) is 19.6 Å². The van der Waals surface area contributed by atoms with Crippen LogP contribution in [0, 0.1) is 0 Å². The van der Waals surface area contributed by atoms with Gasteiger partial charge in [0, 0.05) is 21.2 Å². The zero-order valence-electron chi connectivity index (χ0n) is 18.7. The van der Waals surface area contributed by atoms with Gasteiger partial charge in [0.2, 0.25) is 5.88 Å². The lowest BCUT2D eigenvalue weighted by molar-refractivity contribution is 0.422. The van der Waals surface area contributed by atoms with Crippen LogP contribution < -0.4 is 10.4 Å². The number of rotatable bonds is 2. The maximum Gasteiger partial charge on any atom is 0.344 e. The van der Waals surface area contributed by atoms with E-state index in [-0.39, 0.29) is 11.4 Å². The number of aromatic nitrogens is 4. The molecule has 0 N–H and O–H groups in total. The fourth-order valence-electron chi connectivity index (χ4n) is 4.76. The molecule has 6 aromatic rings. The normalized spacial score (nSPS) is 14.4. The van der Waals surface area contributed by atoms with Crippen molar-refractivity contribution in [1.82, 2.24) is 19.6 Å². The van der Waals surface area contributed by atoms with E-state index in [9.17, 15) is 4.79 Å². The molecule has 0 bridgehead atoms. The number of hydrogen-bond donors (Lipinski definition) is 0. The van der Waals surface area contributed by atoms with Crippen LogP contribution in [0.2, 0.25) is 15.1 Å². The third-order valence-electron chi connectivity index (χ3n) is 6.37.